The number of amides is 1. The minimum absolute atomic E-state index is 0.00984. The predicted octanol–water partition coefficient (Wildman–Crippen LogP) is 3.87. The Balaban J connectivity index is 1.88. The van der Waals surface area contributed by atoms with E-state index in [9.17, 15) is 9.00 Å². The van der Waals surface area contributed by atoms with Crippen molar-refractivity contribution >= 4 is 22.4 Å². The standard InChI is InChI=1S/C19H23NO2S/c1-19(2,3)16-11-9-15(10-12-16)13-23(22)14-18(21)20-17-7-5-4-6-8-17/h4-12H,13-14H2,1-3H3,(H,20,21). The van der Waals surface area contributed by atoms with Gasteiger partial charge < -0.3 is 5.32 Å². The van der Waals surface area contributed by atoms with Crippen LogP contribution < -0.4 is 5.32 Å². The van der Waals surface area contributed by atoms with Gasteiger partial charge in [0.25, 0.3) is 0 Å². The third kappa shape index (κ3) is 5.64. The molecular weight excluding hydrogens is 306 g/mol. The molecule has 0 saturated heterocycles. The molecule has 122 valence electrons. The number of nitrogens with one attached hydrogen (secondary N) is 1. The van der Waals surface area contributed by atoms with Crippen molar-refractivity contribution < 1.29 is 9.00 Å². The Hall–Kier alpha value is -1.94. The van der Waals surface area contributed by atoms with Crippen LogP contribution in [0.3, 0.4) is 0 Å². The molecule has 2 rings (SSSR count). The van der Waals surface area contributed by atoms with Gasteiger partial charge in [0.1, 0.15) is 5.75 Å². The van der Waals surface area contributed by atoms with E-state index in [-0.39, 0.29) is 17.1 Å². The van der Waals surface area contributed by atoms with E-state index in [0.717, 1.165) is 11.3 Å². The largest absolute Gasteiger partial charge is 0.325 e. The van der Waals surface area contributed by atoms with E-state index in [4.69, 9.17) is 0 Å². The number of rotatable bonds is 5. The number of carbonyl (C=O) groups excluding carboxylic acids is 1. The molecule has 0 fully saturated rings. The summed E-state index contributed by atoms with van der Waals surface area (Å²) in [6.07, 6.45) is 0. The summed E-state index contributed by atoms with van der Waals surface area (Å²) in [6, 6.07) is 17.3. The first-order valence-corrected chi connectivity index (χ1v) is 9.13. The molecule has 0 aliphatic rings. The van der Waals surface area contributed by atoms with E-state index in [1.807, 2.05) is 42.5 Å². The topological polar surface area (TPSA) is 46.2 Å². The molecule has 1 atom stereocenters. The molecule has 0 aliphatic carbocycles. The van der Waals surface area contributed by atoms with Gasteiger partial charge in [-0.05, 0) is 28.7 Å². The summed E-state index contributed by atoms with van der Waals surface area (Å²) < 4.78 is 12.1. The molecule has 0 bridgehead atoms. The lowest BCUT2D eigenvalue weighted by Gasteiger charge is -2.19. The summed E-state index contributed by atoms with van der Waals surface area (Å²) in [6.45, 7) is 6.48. The number of carbonyl (C=O) groups is 1. The molecule has 2 aromatic rings. The van der Waals surface area contributed by atoms with E-state index >= 15 is 0 Å². The first-order chi connectivity index (χ1) is 10.8. The van der Waals surface area contributed by atoms with Crippen LogP contribution in [0.5, 0.6) is 0 Å². The van der Waals surface area contributed by atoms with Crippen LogP contribution in [0.1, 0.15) is 31.9 Å². The summed E-state index contributed by atoms with van der Waals surface area (Å²) in [5.41, 5.74) is 3.06. The van der Waals surface area contributed by atoms with Crippen molar-refractivity contribution in [3.63, 3.8) is 0 Å². The van der Waals surface area contributed by atoms with Crippen LogP contribution in [0.2, 0.25) is 0 Å². The second-order valence-electron chi connectivity index (χ2n) is 6.59. The summed E-state index contributed by atoms with van der Waals surface area (Å²) in [5, 5.41) is 2.76. The fourth-order valence-electron chi connectivity index (χ4n) is 2.20. The minimum Gasteiger partial charge on any atom is -0.325 e. The van der Waals surface area contributed by atoms with Gasteiger partial charge in [0.05, 0.1) is 0 Å². The predicted molar refractivity (Wildman–Crippen MR) is 96.9 cm³/mol. The molecule has 0 heterocycles. The van der Waals surface area contributed by atoms with Crippen molar-refractivity contribution in [3.8, 4) is 0 Å². The summed E-state index contributed by atoms with van der Waals surface area (Å²) >= 11 is 0. The SMILES string of the molecule is CC(C)(C)c1ccc(CS(=O)CC(=O)Nc2ccccc2)cc1. The maximum Gasteiger partial charge on any atom is 0.237 e. The quantitative estimate of drug-likeness (QED) is 0.905. The number of benzene rings is 2. The Morgan fingerprint density at radius 3 is 2.17 bits per heavy atom. The fraction of sp³-hybridized carbons (Fsp3) is 0.316. The van der Waals surface area contributed by atoms with E-state index in [2.05, 4.69) is 38.2 Å². The van der Waals surface area contributed by atoms with Crippen LogP contribution in [0.15, 0.2) is 54.6 Å². The van der Waals surface area contributed by atoms with E-state index < -0.39 is 10.8 Å². The van der Waals surface area contributed by atoms with Gasteiger partial charge in [0.15, 0.2) is 0 Å². The molecule has 1 unspecified atom stereocenters. The fourth-order valence-corrected chi connectivity index (χ4v) is 3.23. The molecule has 0 aromatic heterocycles. The lowest BCUT2D eigenvalue weighted by Crippen LogP contribution is -2.20. The first kappa shape index (κ1) is 17.4. The van der Waals surface area contributed by atoms with Crippen molar-refractivity contribution in [2.24, 2.45) is 0 Å². The van der Waals surface area contributed by atoms with Crippen LogP contribution in [-0.4, -0.2) is 15.9 Å². The summed E-state index contributed by atoms with van der Waals surface area (Å²) in [7, 11) is -1.21. The summed E-state index contributed by atoms with van der Waals surface area (Å²) in [5.74, 6) is 0.184. The zero-order valence-electron chi connectivity index (χ0n) is 13.8. The van der Waals surface area contributed by atoms with Gasteiger partial charge in [-0.3, -0.25) is 9.00 Å². The lowest BCUT2D eigenvalue weighted by molar-refractivity contribution is -0.113. The van der Waals surface area contributed by atoms with E-state index in [1.165, 1.54) is 5.56 Å². The van der Waals surface area contributed by atoms with Crippen LogP contribution in [0, 0.1) is 0 Å². The maximum absolute atomic E-state index is 12.1. The normalized spacial score (nSPS) is 12.7. The highest BCUT2D eigenvalue weighted by Gasteiger charge is 2.14. The van der Waals surface area contributed by atoms with Crippen LogP contribution in [0.4, 0.5) is 5.69 Å². The molecule has 0 saturated carbocycles. The Labute approximate surface area is 140 Å². The Bertz CT molecular complexity index is 673. The molecule has 23 heavy (non-hydrogen) atoms. The molecule has 4 heteroatoms. The molecule has 1 amide bonds. The van der Waals surface area contributed by atoms with Crippen molar-refractivity contribution in [3.05, 3.63) is 65.7 Å². The van der Waals surface area contributed by atoms with E-state index in [0.29, 0.717) is 5.75 Å². The summed E-state index contributed by atoms with van der Waals surface area (Å²) in [4.78, 5) is 11.9. The van der Waals surface area contributed by atoms with Crippen molar-refractivity contribution in [2.75, 3.05) is 11.1 Å². The van der Waals surface area contributed by atoms with Crippen LogP contribution in [-0.2, 0) is 26.8 Å². The molecule has 0 spiro atoms. The number of anilines is 1. The number of para-hydroxylation sites is 1. The van der Waals surface area contributed by atoms with Gasteiger partial charge in [-0.15, -0.1) is 0 Å². The average molecular weight is 329 g/mol. The van der Waals surface area contributed by atoms with E-state index in [1.54, 1.807) is 0 Å². The highest BCUT2D eigenvalue weighted by molar-refractivity contribution is 7.84. The van der Waals surface area contributed by atoms with Gasteiger partial charge in [-0.1, -0.05) is 63.2 Å². The maximum atomic E-state index is 12.1. The smallest absolute Gasteiger partial charge is 0.237 e. The highest BCUT2D eigenvalue weighted by atomic mass is 32.2. The van der Waals surface area contributed by atoms with Gasteiger partial charge in [0.2, 0.25) is 5.91 Å². The van der Waals surface area contributed by atoms with Crippen LogP contribution >= 0.6 is 0 Å². The third-order valence-corrected chi connectivity index (χ3v) is 4.74. The minimum atomic E-state index is -1.21. The van der Waals surface area contributed by atoms with Crippen molar-refractivity contribution in [1.29, 1.82) is 0 Å². The number of hydrogen-bond donors (Lipinski definition) is 1. The van der Waals surface area contributed by atoms with Crippen molar-refractivity contribution in [1.82, 2.24) is 0 Å². The Morgan fingerprint density at radius 2 is 1.61 bits per heavy atom. The van der Waals surface area contributed by atoms with Crippen LogP contribution in [0.25, 0.3) is 0 Å². The molecular formula is C19H23NO2S. The third-order valence-electron chi connectivity index (χ3n) is 3.50. The highest BCUT2D eigenvalue weighted by Crippen LogP contribution is 2.22. The molecule has 1 N–H and O–H groups in total. The second kappa shape index (κ2) is 7.55. The van der Waals surface area contributed by atoms with Gasteiger partial charge in [-0.2, -0.15) is 0 Å². The second-order valence-corrected chi connectivity index (χ2v) is 8.05. The molecule has 2 aromatic carbocycles. The van der Waals surface area contributed by atoms with Gasteiger partial charge in [-0.25, -0.2) is 0 Å². The molecule has 0 aliphatic heterocycles. The number of hydrogen-bond acceptors (Lipinski definition) is 2. The Kier molecular flexibility index (Phi) is 5.72. The zero-order chi connectivity index (χ0) is 16.9. The average Bonchev–Trinajstić information content (AvgIpc) is 2.47. The van der Waals surface area contributed by atoms with Gasteiger partial charge >= 0.3 is 0 Å². The lowest BCUT2D eigenvalue weighted by atomic mass is 9.87. The Morgan fingerprint density at radius 1 is 1.00 bits per heavy atom. The molecule has 0 radical (unpaired) electrons. The monoisotopic (exact) mass is 329 g/mol. The first-order valence-electron chi connectivity index (χ1n) is 7.64. The zero-order valence-corrected chi connectivity index (χ0v) is 14.7. The van der Waals surface area contributed by atoms with Crippen molar-refractivity contribution in [2.45, 2.75) is 31.9 Å². The molecule has 3 nitrogen and oxygen atoms in total. The van der Waals surface area contributed by atoms with Gasteiger partial charge in [0, 0.05) is 22.2 Å².